The highest BCUT2D eigenvalue weighted by molar-refractivity contribution is 7.84. The van der Waals surface area contributed by atoms with Crippen molar-refractivity contribution >= 4 is 45.9 Å². The van der Waals surface area contributed by atoms with Gasteiger partial charge in [0.05, 0.1) is 38.4 Å². The lowest BCUT2D eigenvalue weighted by Gasteiger charge is -2.41. The molecule has 2 fully saturated rings. The van der Waals surface area contributed by atoms with Gasteiger partial charge in [-0.1, -0.05) is 38.6 Å². The second kappa shape index (κ2) is 14.8. The number of ether oxygens (including phenoxy) is 1. The first-order valence-electron chi connectivity index (χ1n) is 16.0. The minimum atomic E-state index is -1.46. The molecule has 1 saturated carbocycles. The van der Waals surface area contributed by atoms with E-state index in [4.69, 9.17) is 9.73 Å². The highest BCUT2D eigenvalue weighted by Crippen LogP contribution is 2.39. The van der Waals surface area contributed by atoms with Gasteiger partial charge < -0.3 is 19.9 Å². The number of rotatable bonds is 9. The third-order valence-corrected chi connectivity index (χ3v) is 9.36. The zero-order valence-corrected chi connectivity index (χ0v) is 28.9. The summed E-state index contributed by atoms with van der Waals surface area (Å²) in [5.74, 6) is -3.61. The summed E-state index contributed by atoms with van der Waals surface area (Å²) in [6.45, 7) is 11.5. The number of amides is 2. The van der Waals surface area contributed by atoms with Crippen molar-refractivity contribution in [2.24, 2.45) is 10.9 Å². The SMILES string of the molecule is C=CC(=O)N1CCN(C(=Nc2c(C(C)C)cccc2S(C)=O)c2cc(F)c(-c3c(F)cccc3OC(=O)C3CC3)nc2NC(C)=O)C(C)C1. The van der Waals surface area contributed by atoms with Crippen molar-refractivity contribution in [3.8, 4) is 17.0 Å². The molecule has 0 bridgehead atoms. The number of halogens is 2. The van der Waals surface area contributed by atoms with Crippen LogP contribution in [0.3, 0.4) is 0 Å². The molecule has 1 aliphatic carbocycles. The summed E-state index contributed by atoms with van der Waals surface area (Å²) in [4.78, 5) is 51.1. The standard InChI is InChI=1S/C36H39F2N5O5S/c1-7-30(45)42-16-17-43(21(4)19-42)35(41-32-24(20(2)3)10-8-13-29(32)49(6)47)25-18-27(38)33(40-34(25)39-22(5)44)31-26(37)11-9-12-28(31)48-36(46)23-14-15-23/h7-13,18,20-21,23H,1,14-17,19H2,2-6H3,(H,39,40,44). The van der Waals surface area contributed by atoms with Gasteiger partial charge in [-0.3, -0.25) is 18.6 Å². The maximum Gasteiger partial charge on any atom is 0.314 e. The number of amidine groups is 1. The van der Waals surface area contributed by atoms with E-state index in [0.717, 1.165) is 17.7 Å². The smallest absolute Gasteiger partial charge is 0.314 e. The number of aromatic nitrogens is 1. The number of esters is 1. The number of pyridine rings is 1. The van der Waals surface area contributed by atoms with Crippen molar-refractivity contribution in [1.82, 2.24) is 14.8 Å². The fourth-order valence-corrected chi connectivity index (χ4v) is 6.48. The van der Waals surface area contributed by atoms with Gasteiger partial charge in [-0.15, -0.1) is 0 Å². The average Bonchev–Trinajstić information content (AvgIpc) is 3.90. The van der Waals surface area contributed by atoms with E-state index in [1.165, 1.54) is 25.1 Å². The van der Waals surface area contributed by atoms with Crippen LogP contribution in [0.25, 0.3) is 11.3 Å². The van der Waals surface area contributed by atoms with Gasteiger partial charge in [-0.2, -0.15) is 0 Å². The Morgan fingerprint density at radius 1 is 1.12 bits per heavy atom. The first kappa shape index (κ1) is 35.5. The fourth-order valence-electron chi connectivity index (χ4n) is 5.77. The topological polar surface area (TPSA) is 121 Å². The minimum absolute atomic E-state index is 0.0344. The molecule has 2 heterocycles. The summed E-state index contributed by atoms with van der Waals surface area (Å²) < 4.78 is 50.4. The van der Waals surface area contributed by atoms with Crippen LogP contribution in [0.4, 0.5) is 20.3 Å². The van der Waals surface area contributed by atoms with Gasteiger partial charge in [0, 0.05) is 38.9 Å². The minimum Gasteiger partial charge on any atom is -0.425 e. The van der Waals surface area contributed by atoms with Crippen LogP contribution < -0.4 is 10.1 Å². The van der Waals surface area contributed by atoms with E-state index < -0.39 is 40.0 Å². The predicted octanol–water partition coefficient (Wildman–Crippen LogP) is 5.96. The molecule has 5 rings (SSSR count). The number of nitrogens with one attached hydrogen (secondary N) is 1. The van der Waals surface area contributed by atoms with Gasteiger partial charge in [0.2, 0.25) is 11.8 Å². The molecule has 13 heteroatoms. The molecule has 3 aromatic rings. The Hall–Kier alpha value is -4.78. The molecule has 0 radical (unpaired) electrons. The third-order valence-electron chi connectivity index (χ3n) is 8.41. The summed E-state index contributed by atoms with van der Waals surface area (Å²) in [5, 5.41) is 2.66. The Bertz CT molecular complexity index is 1880. The predicted molar refractivity (Wildman–Crippen MR) is 184 cm³/mol. The number of carbonyl (C=O) groups excluding carboxylic acids is 3. The summed E-state index contributed by atoms with van der Waals surface area (Å²) in [7, 11) is -1.46. The zero-order chi connectivity index (χ0) is 35.6. The average molecular weight is 692 g/mol. The molecule has 49 heavy (non-hydrogen) atoms. The van der Waals surface area contributed by atoms with Crippen molar-refractivity contribution in [3.05, 3.63) is 77.9 Å². The maximum absolute atomic E-state index is 16.4. The van der Waals surface area contributed by atoms with Crippen molar-refractivity contribution in [2.45, 2.75) is 57.4 Å². The quantitative estimate of drug-likeness (QED) is 0.0967. The number of aliphatic imine (C=N–C) groups is 1. The van der Waals surface area contributed by atoms with Gasteiger partial charge in [0.15, 0.2) is 5.82 Å². The van der Waals surface area contributed by atoms with Crippen LogP contribution in [0.1, 0.15) is 57.6 Å². The molecule has 1 aromatic heterocycles. The van der Waals surface area contributed by atoms with E-state index in [0.29, 0.717) is 30.0 Å². The second-order valence-corrected chi connectivity index (χ2v) is 13.8. The lowest BCUT2D eigenvalue weighted by atomic mass is 10.0. The van der Waals surface area contributed by atoms with Crippen LogP contribution in [0.2, 0.25) is 0 Å². The molecular formula is C36H39F2N5O5S. The van der Waals surface area contributed by atoms with Gasteiger partial charge in [0.1, 0.15) is 28.9 Å². The van der Waals surface area contributed by atoms with Crippen molar-refractivity contribution in [1.29, 1.82) is 0 Å². The molecule has 0 spiro atoms. The van der Waals surface area contributed by atoms with Gasteiger partial charge >= 0.3 is 5.97 Å². The second-order valence-electron chi connectivity index (χ2n) is 12.5. The monoisotopic (exact) mass is 691 g/mol. The lowest BCUT2D eigenvalue weighted by molar-refractivity contribution is -0.135. The first-order chi connectivity index (χ1) is 23.3. The fraction of sp³-hybridized carbons (Fsp3) is 0.361. The molecule has 10 nitrogen and oxygen atoms in total. The van der Waals surface area contributed by atoms with E-state index in [1.54, 1.807) is 23.3 Å². The number of benzene rings is 2. The Balaban J connectivity index is 1.75. The summed E-state index contributed by atoms with van der Waals surface area (Å²) in [5.41, 5.74) is 0.441. The van der Waals surface area contributed by atoms with Gasteiger partial charge in [-0.05, 0) is 61.6 Å². The Morgan fingerprint density at radius 2 is 1.84 bits per heavy atom. The van der Waals surface area contributed by atoms with Gasteiger partial charge in [0.25, 0.3) is 0 Å². The number of nitrogens with zero attached hydrogens (tertiary/aromatic N) is 4. The van der Waals surface area contributed by atoms with Crippen LogP contribution >= 0.6 is 0 Å². The van der Waals surface area contributed by atoms with Crippen LogP contribution in [-0.4, -0.2) is 74.5 Å². The molecule has 1 aliphatic heterocycles. The summed E-state index contributed by atoms with van der Waals surface area (Å²) in [6, 6.07) is 9.95. The van der Waals surface area contributed by atoms with E-state index in [-0.39, 0.29) is 65.4 Å². The van der Waals surface area contributed by atoms with Crippen LogP contribution in [0.15, 0.2) is 65.0 Å². The maximum atomic E-state index is 16.4. The van der Waals surface area contributed by atoms with Crippen molar-refractivity contribution < 1.29 is 32.1 Å². The molecule has 2 unspecified atom stereocenters. The molecule has 1 saturated heterocycles. The van der Waals surface area contributed by atoms with Crippen molar-refractivity contribution in [2.75, 3.05) is 31.2 Å². The van der Waals surface area contributed by atoms with Crippen LogP contribution in [-0.2, 0) is 25.2 Å². The van der Waals surface area contributed by atoms with Gasteiger partial charge in [-0.25, -0.2) is 18.8 Å². The number of hydrogen-bond donors (Lipinski definition) is 1. The Labute approximate surface area is 286 Å². The number of para-hydroxylation sites is 1. The highest BCUT2D eigenvalue weighted by atomic mass is 32.2. The normalized spacial score (nSPS) is 17.1. The molecule has 2 aliphatic rings. The van der Waals surface area contributed by atoms with Crippen LogP contribution in [0.5, 0.6) is 5.75 Å². The zero-order valence-electron chi connectivity index (χ0n) is 28.1. The number of hydrogen-bond acceptors (Lipinski definition) is 7. The summed E-state index contributed by atoms with van der Waals surface area (Å²) >= 11 is 0. The molecule has 1 N–H and O–H groups in total. The van der Waals surface area contributed by atoms with E-state index in [2.05, 4.69) is 16.9 Å². The molecular weight excluding hydrogens is 652 g/mol. The van der Waals surface area contributed by atoms with Crippen molar-refractivity contribution in [3.63, 3.8) is 0 Å². The molecule has 2 amide bonds. The Kier molecular flexibility index (Phi) is 10.7. The first-order valence-corrected chi connectivity index (χ1v) is 17.6. The van der Waals surface area contributed by atoms with Crippen LogP contribution in [0, 0.1) is 17.6 Å². The lowest BCUT2D eigenvalue weighted by Crippen LogP contribution is -2.55. The van der Waals surface area contributed by atoms with E-state index >= 15 is 8.78 Å². The largest absolute Gasteiger partial charge is 0.425 e. The van der Waals surface area contributed by atoms with E-state index in [1.807, 2.05) is 31.7 Å². The number of anilines is 1. The number of piperazine rings is 1. The van der Waals surface area contributed by atoms with E-state index in [9.17, 15) is 18.6 Å². The highest BCUT2D eigenvalue weighted by Gasteiger charge is 2.34. The number of carbonyl (C=O) groups is 3. The molecule has 258 valence electrons. The molecule has 2 aromatic carbocycles. The molecule has 2 atom stereocenters. The summed E-state index contributed by atoms with van der Waals surface area (Å²) in [6.07, 6.45) is 4.09. The Morgan fingerprint density at radius 3 is 2.45 bits per heavy atom. The third kappa shape index (κ3) is 7.77.